The van der Waals surface area contributed by atoms with Gasteiger partial charge in [-0.25, -0.2) is 8.42 Å². The van der Waals surface area contributed by atoms with Gasteiger partial charge in [-0.3, -0.25) is 18.7 Å². The summed E-state index contributed by atoms with van der Waals surface area (Å²) >= 11 is 0. The second-order valence-corrected chi connectivity index (χ2v) is 10.4. The molecule has 0 bridgehead atoms. The summed E-state index contributed by atoms with van der Waals surface area (Å²) in [5.74, 6) is -2.81. The normalized spacial score (nSPS) is 14.8. The van der Waals surface area contributed by atoms with E-state index in [9.17, 15) is 27.1 Å². The molecule has 0 aromatic rings. The zero-order valence-electron chi connectivity index (χ0n) is 10.8. The van der Waals surface area contributed by atoms with Gasteiger partial charge in [0.1, 0.15) is 5.75 Å². The molecule has 0 fully saturated rings. The number of ketones is 1. The summed E-state index contributed by atoms with van der Waals surface area (Å²) in [6.07, 6.45) is 0.330. The number of aliphatic hydroxyl groups is 2. The van der Waals surface area contributed by atoms with Gasteiger partial charge in [0.25, 0.3) is 0 Å². The summed E-state index contributed by atoms with van der Waals surface area (Å²) in [5, 5.41) is 17.6. The van der Waals surface area contributed by atoms with E-state index in [0.717, 1.165) is 0 Å². The SMILES string of the molecule is O=CC(=O)CS(O)(O)S(=O)(=O)CCCCCC(O)CO. The first-order valence-electron chi connectivity index (χ1n) is 5.92. The summed E-state index contributed by atoms with van der Waals surface area (Å²) < 4.78 is 42.1. The van der Waals surface area contributed by atoms with E-state index in [1.54, 1.807) is 0 Å². The highest BCUT2D eigenvalue weighted by Gasteiger charge is 2.31. The lowest BCUT2D eigenvalue weighted by Crippen LogP contribution is -2.23. The Kier molecular flexibility index (Phi) is 8.47. The lowest BCUT2D eigenvalue weighted by molar-refractivity contribution is -0.128. The first-order chi connectivity index (χ1) is 9.16. The van der Waals surface area contributed by atoms with E-state index in [4.69, 9.17) is 10.2 Å². The molecule has 0 amide bonds. The van der Waals surface area contributed by atoms with Gasteiger partial charge in [-0.1, -0.05) is 22.5 Å². The summed E-state index contributed by atoms with van der Waals surface area (Å²) in [6, 6.07) is 0. The smallest absolute Gasteiger partial charge is 0.247 e. The summed E-state index contributed by atoms with van der Waals surface area (Å²) in [5.41, 5.74) is 0. The van der Waals surface area contributed by atoms with E-state index >= 15 is 0 Å². The molecule has 10 heteroatoms. The number of aldehydes is 1. The van der Waals surface area contributed by atoms with Crippen molar-refractivity contribution < 1.29 is 37.3 Å². The lowest BCUT2D eigenvalue weighted by atomic mass is 10.1. The Morgan fingerprint density at radius 1 is 1.15 bits per heavy atom. The molecule has 0 aliphatic carbocycles. The molecule has 1 atom stereocenters. The zero-order valence-corrected chi connectivity index (χ0v) is 12.5. The maximum absolute atomic E-state index is 11.6. The standard InChI is InChI=1S/C10H20O8S2/c11-6-9(13)4-2-1-3-5-19(15,16)20(17,18)8-10(14)7-12/h7,9,11,13,17-18H,1-6,8H2. The Balaban J connectivity index is 4.24. The van der Waals surface area contributed by atoms with Gasteiger partial charge in [0.2, 0.25) is 14.7 Å². The van der Waals surface area contributed by atoms with Crippen molar-refractivity contribution in [2.75, 3.05) is 18.1 Å². The third-order valence-corrected chi connectivity index (χ3v) is 8.07. The third-order valence-electron chi connectivity index (χ3n) is 2.51. The number of rotatable bonds is 11. The van der Waals surface area contributed by atoms with Crippen molar-refractivity contribution in [2.24, 2.45) is 0 Å². The highest BCUT2D eigenvalue weighted by atomic mass is 33.2. The average molecular weight is 332 g/mol. The number of hydrogen-bond acceptors (Lipinski definition) is 8. The van der Waals surface area contributed by atoms with Gasteiger partial charge in [-0.2, -0.15) is 0 Å². The Labute approximate surface area is 118 Å². The van der Waals surface area contributed by atoms with Crippen molar-refractivity contribution in [3.63, 3.8) is 0 Å². The maximum atomic E-state index is 11.6. The molecule has 0 aliphatic rings. The minimum absolute atomic E-state index is 0.131. The molecule has 4 N–H and O–H groups in total. The van der Waals surface area contributed by atoms with Gasteiger partial charge in [0.15, 0.2) is 6.29 Å². The summed E-state index contributed by atoms with van der Waals surface area (Å²) in [6.45, 7) is -0.368. The van der Waals surface area contributed by atoms with E-state index in [2.05, 4.69) is 0 Å². The van der Waals surface area contributed by atoms with Crippen molar-refractivity contribution in [2.45, 2.75) is 31.8 Å². The van der Waals surface area contributed by atoms with Gasteiger partial charge in [-0.15, -0.1) is 0 Å². The molecule has 20 heavy (non-hydrogen) atoms. The quantitative estimate of drug-likeness (QED) is 0.175. The summed E-state index contributed by atoms with van der Waals surface area (Å²) in [7, 11) is -8.45. The van der Waals surface area contributed by atoms with Crippen molar-refractivity contribution >= 4 is 30.6 Å². The Hall–Kier alpha value is -0.520. The van der Waals surface area contributed by atoms with Crippen molar-refractivity contribution in [1.82, 2.24) is 0 Å². The Bertz CT molecular complexity index is 417. The molecule has 0 aromatic carbocycles. The molecular formula is C10H20O8S2. The van der Waals surface area contributed by atoms with E-state index in [1.807, 2.05) is 0 Å². The predicted molar refractivity (Wildman–Crippen MR) is 74.1 cm³/mol. The maximum Gasteiger partial charge on any atom is 0.247 e. The van der Waals surface area contributed by atoms with Crippen LogP contribution in [-0.2, 0) is 18.5 Å². The molecule has 0 aliphatic heterocycles. The fraction of sp³-hybridized carbons (Fsp3) is 0.800. The Morgan fingerprint density at radius 2 is 1.75 bits per heavy atom. The van der Waals surface area contributed by atoms with Crippen molar-refractivity contribution in [3.8, 4) is 0 Å². The van der Waals surface area contributed by atoms with Crippen LogP contribution in [0.5, 0.6) is 0 Å². The molecule has 0 saturated heterocycles. The molecule has 0 heterocycles. The number of carbonyl (C=O) groups is 2. The molecule has 0 aromatic heterocycles. The van der Waals surface area contributed by atoms with Crippen LogP contribution in [0.4, 0.5) is 0 Å². The highest BCUT2D eigenvalue weighted by Crippen LogP contribution is 2.46. The molecular weight excluding hydrogens is 312 g/mol. The highest BCUT2D eigenvalue weighted by molar-refractivity contribution is 8.85. The van der Waals surface area contributed by atoms with Gasteiger partial charge in [0.05, 0.1) is 18.5 Å². The number of aliphatic hydroxyl groups excluding tert-OH is 2. The lowest BCUT2D eigenvalue weighted by Gasteiger charge is -2.29. The molecule has 8 nitrogen and oxygen atoms in total. The number of unbranched alkanes of at least 4 members (excludes halogenated alkanes) is 2. The van der Waals surface area contributed by atoms with Gasteiger partial charge >= 0.3 is 0 Å². The van der Waals surface area contributed by atoms with Crippen LogP contribution < -0.4 is 0 Å². The van der Waals surface area contributed by atoms with Crippen LogP contribution in [0.25, 0.3) is 0 Å². The predicted octanol–water partition coefficient (Wildman–Crippen LogP) is -0.252. The van der Waals surface area contributed by atoms with Gasteiger partial charge in [0, 0.05) is 0 Å². The van der Waals surface area contributed by atoms with Crippen LogP contribution in [0.15, 0.2) is 0 Å². The first-order valence-corrected chi connectivity index (χ1v) is 9.80. The van der Waals surface area contributed by atoms with E-state index < -0.39 is 41.9 Å². The second kappa shape index (κ2) is 8.70. The van der Waals surface area contributed by atoms with E-state index in [1.165, 1.54) is 0 Å². The number of hydrogen-bond donors (Lipinski definition) is 4. The van der Waals surface area contributed by atoms with Crippen LogP contribution in [0, 0.1) is 0 Å². The average Bonchev–Trinajstić information content (AvgIpc) is 2.36. The fourth-order valence-electron chi connectivity index (χ4n) is 1.37. The molecule has 1 unspecified atom stereocenters. The third kappa shape index (κ3) is 6.77. The van der Waals surface area contributed by atoms with Crippen LogP contribution in [0.3, 0.4) is 0 Å². The fourth-order valence-corrected chi connectivity index (χ4v) is 4.85. The van der Waals surface area contributed by atoms with E-state index in [0.29, 0.717) is 19.3 Å². The molecule has 0 radical (unpaired) electrons. The topological polar surface area (TPSA) is 149 Å². The molecule has 0 rings (SSSR count). The largest absolute Gasteiger partial charge is 0.394 e. The molecule has 0 saturated carbocycles. The summed E-state index contributed by atoms with van der Waals surface area (Å²) in [4.78, 5) is 20.9. The monoisotopic (exact) mass is 332 g/mol. The van der Waals surface area contributed by atoms with Crippen LogP contribution in [0.1, 0.15) is 25.7 Å². The van der Waals surface area contributed by atoms with Gasteiger partial charge < -0.3 is 10.2 Å². The zero-order chi connectivity index (χ0) is 15.8. The number of carbonyl (C=O) groups excluding carboxylic acids is 2. The Morgan fingerprint density at radius 3 is 2.25 bits per heavy atom. The van der Waals surface area contributed by atoms with Crippen molar-refractivity contribution in [3.05, 3.63) is 0 Å². The number of Topliss-reactive ketones (excluding diaryl/α,β-unsaturated/α-hetero) is 1. The van der Waals surface area contributed by atoms with Crippen LogP contribution in [0.2, 0.25) is 0 Å². The van der Waals surface area contributed by atoms with Gasteiger partial charge in [-0.05, 0) is 12.8 Å². The minimum Gasteiger partial charge on any atom is -0.394 e. The molecule has 0 spiro atoms. The van der Waals surface area contributed by atoms with Crippen LogP contribution in [-0.4, -0.2) is 64.0 Å². The van der Waals surface area contributed by atoms with Crippen molar-refractivity contribution in [1.29, 1.82) is 0 Å². The van der Waals surface area contributed by atoms with Crippen LogP contribution >= 0.6 is 9.62 Å². The first kappa shape index (κ1) is 19.5. The minimum atomic E-state index is -4.27. The van der Waals surface area contributed by atoms with E-state index in [-0.39, 0.29) is 19.3 Å². The second-order valence-electron chi connectivity index (χ2n) is 4.28. The molecule has 120 valence electrons.